The third kappa shape index (κ3) is 10.1. The van der Waals surface area contributed by atoms with E-state index < -0.39 is 0 Å². The Morgan fingerprint density at radius 2 is 1.92 bits per heavy atom. The molecular formula is C9H13F3Zr. The molecule has 0 saturated heterocycles. The van der Waals surface area contributed by atoms with Gasteiger partial charge < -0.3 is 14.1 Å². The van der Waals surface area contributed by atoms with E-state index in [2.05, 4.69) is 25.2 Å². The van der Waals surface area contributed by atoms with E-state index in [1.807, 2.05) is 0 Å². The third-order valence-electron chi connectivity index (χ3n) is 1.57. The van der Waals surface area contributed by atoms with Gasteiger partial charge in [0.25, 0.3) is 0 Å². The van der Waals surface area contributed by atoms with Crippen molar-refractivity contribution < 1.29 is 40.3 Å². The first kappa shape index (κ1) is 23.2. The Morgan fingerprint density at radius 1 is 1.31 bits per heavy atom. The molecule has 0 aromatic rings. The molecule has 4 heteroatoms. The normalized spacial score (nSPS) is 11.3. The van der Waals surface area contributed by atoms with E-state index >= 15 is 0 Å². The van der Waals surface area contributed by atoms with Gasteiger partial charge in [-0.05, 0) is 0 Å². The smallest absolute Gasteiger partial charge is 1.00 e. The zero-order valence-corrected chi connectivity index (χ0v) is 10.1. The predicted molar refractivity (Wildman–Crippen MR) is 40.0 cm³/mol. The molecule has 1 aliphatic rings. The molecule has 0 aliphatic heterocycles. The van der Waals surface area contributed by atoms with Crippen molar-refractivity contribution in [1.29, 1.82) is 0 Å². The van der Waals surface area contributed by atoms with E-state index in [9.17, 15) is 0 Å². The van der Waals surface area contributed by atoms with Gasteiger partial charge in [0.05, 0.1) is 0 Å². The van der Waals surface area contributed by atoms with Crippen LogP contribution in [0.3, 0.4) is 0 Å². The fourth-order valence-corrected chi connectivity index (χ4v) is 0.989. The first-order valence-corrected chi connectivity index (χ1v) is 3.69. The van der Waals surface area contributed by atoms with Crippen molar-refractivity contribution in [2.45, 2.75) is 32.6 Å². The fraction of sp³-hybridized carbons (Fsp3) is 0.556. The molecule has 0 amide bonds. The molecule has 0 nitrogen and oxygen atoms in total. The summed E-state index contributed by atoms with van der Waals surface area (Å²) < 4.78 is 0. The van der Waals surface area contributed by atoms with Gasteiger partial charge >= 0.3 is 26.2 Å². The summed E-state index contributed by atoms with van der Waals surface area (Å²) in [5, 5.41) is 0. The molecule has 0 atom stereocenters. The zero-order chi connectivity index (χ0) is 6.53. The summed E-state index contributed by atoms with van der Waals surface area (Å²) in [5.41, 5.74) is 1.41. The molecule has 0 heterocycles. The van der Waals surface area contributed by atoms with Gasteiger partial charge in [-0.15, -0.1) is 6.42 Å². The number of halogens is 3. The van der Waals surface area contributed by atoms with Gasteiger partial charge in [-0.25, -0.2) is 11.6 Å². The molecule has 0 spiro atoms. The maximum absolute atomic E-state index is 3.30. The number of rotatable bonds is 3. The summed E-state index contributed by atoms with van der Waals surface area (Å²) in [6.07, 6.45) is 12.5. The van der Waals surface area contributed by atoms with E-state index in [-0.39, 0.29) is 40.3 Å². The summed E-state index contributed by atoms with van der Waals surface area (Å²) in [4.78, 5) is 0. The Morgan fingerprint density at radius 3 is 2.31 bits per heavy atom. The van der Waals surface area contributed by atoms with E-state index in [0.717, 1.165) is 6.42 Å². The van der Waals surface area contributed by atoms with Crippen molar-refractivity contribution in [2.75, 3.05) is 0 Å². The molecule has 0 N–H and O–H groups in total. The number of hydrogen-bond acceptors (Lipinski definition) is 0. The summed E-state index contributed by atoms with van der Waals surface area (Å²) in [6, 6.07) is 0. The van der Waals surface area contributed by atoms with Crippen molar-refractivity contribution in [3.05, 3.63) is 23.8 Å². The second kappa shape index (κ2) is 14.7. The van der Waals surface area contributed by atoms with E-state index in [1.54, 1.807) is 0 Å². The molecule has 0 unspecified atom stereocenters. The van der Waals surface area contributed by atoms with Gasteiger partial charge in [-0.3, -0.25) is 6.08 Å². The quantitative estimate of drug-likeness (QED) is 0.448. The van der Waals surface area contributed by atoms with Crippen LogP contribution in [0.4, 0.5) is 0 Å². The van der Waals surface area contributed by atoms with Crippen molar-refractivity contribution >= 4 is 0 Å². The molecule has 1 aliphatic carbocycles. The molecule has 1 rings (SSSR count). The fourth-order valence-electron chi connectivity index (χ4n) is 0.989. The van der Waals surface area contributed by atoms with Crippen LogP contribution in [0.1, 0.15) is 32.6 Å². The van der Waals surface area contributed by atoms with Crippen molar-refractivity contribution in [2.24, 2.45) is 0 Å². The van der Waals surface area contributed by atoms with Gasteiger partial charge in [-0.1, -0.05) is 26.2 Å². The minimum atomic E-state index is 0. The minimum Gasteiger partial charge on any atom is -1.00 e. The molecule has 13 heavy (non-hydrogen) atoms. The van der Waals surface area contributed by atoms with E-state index in [1.165, 1.54) is 24.8 Å². The van der Waals surface area contributed by atoms with Gasteiger partial charge in [-0.2, -0.15) is 6.08 Å². The third-order valence-corrected chi connectivity index (χ3v) is 1.57. The van der Waals surface area contributed by atoms with Gasteiger partial charge in [0.1, 0.15) is 0 Å². The van der Waals surface area contributed by atoms with E-state index in [0.29, 0.717) is 0 Å². The Balaban J connectivity index is -0.000000101. The van der Waals surface area contributed by atoms with Crippen LogP contribution >= 0.6 is 0 Å². The molecule has 0 saturated carbocycles. The second-order valence-corrected chi connectivity index (χ2v) is 2.41. The molecule has 0 bridgehead atoms. The van der Waals surface area contributed by atoms with Crippen LogP contribution in [-0.4, -0.2) is 0 Å². The summed E-state index contributed by atoms with van der Waals surface area (Å²) >= 11 is 0. The van der Waals surface area contributed by atoms with E-state index in [4.69, 9.17) is 0 Å². The van der Waals surface area contributed by atoms with Crippen LogP contribution in [0.15, 0.2) is 17.7 Å². The molecule has 0 aromatic heterocycles. The van der Waals surface area contributed by atoms with Crippen molar-refractivity contribution in [1.82, 2.24) is 0 Å². The summed E-state index contributed by atoms with van der Waals surface area (Å²) in [7, 11) is 0. The molecule has 74 valence electrons. The molecule has 0 aromatic carbocycles. The van der Waals surface area contributed by atoms with Crippen LogP contribution in [0.25, 0.3) is 0 Å². The maximum atomic E-state index is 3.30. The molecule has 0 fully saturated rings. The SMILES string of the molecule is CCCCC1=[C-]CC=C1.[F-].[F-].[F-].[Zr+4]. The number of hydrogen-bond donors (Lipinski definition) is 0. The monoisotopic (exact) mass is 268 g/mol. The first-order valence-electron chi connectivity index (χ1n) is 3.69. The van der Waals surface area contributed by atoms with Gasteiger partial charge in [0.15, 0.2) is 0 Å². The van der Waals surface area contributed by atoms with Gasteiger partial charge in [0, 0.05) is 0 Å². The summed E-state index contributed by atoms with van der Waals surface area (Å²) in [6.45, 7) is 2.22. The van der Waals surface area contributed by atoms with Crippen LogP contribution in [-0.2, 0) is 26.2 Å². The Labute approximate surface area is 96.7 Å². The Hall–Kier alpha value is 0.153. The largest absolute Gasteiger partial charge is 4.00 e. The van der Waals surface area contributed by atoms with Crippen LogP contribution in [0, 0.1) is 6.08 Å². The zero-order valence-electron chi connectivity index (χ0n) is 7.62. The molecular weight excluding hydrogens is 256 g/mol. The Bertz CT molecular complexity index is 144. The van der Waals surface area contributed by atoms with Crippen LogP contribution in [0.2, 0.25) is 0 Å². The van der Waals surface area contributed by atoms with Crippen LogP contribution < -0.4 is 14.1 Å². The van der Waals surface area contributed by atoms with Gasteiger partial charge in [0.2, 0.25) is 0 Å². The maximum Gasteiger partial charge on any atom is 4.00 e. The average molecular weight is 269 g/mol. The average Bonchev–Trinajstić information content (AvgIpc) is 2.34. The Kier molecular flexibility index (Phi) is 26.2. The van der Waals surface area contributed by atoms with Crippen molar-refractivity contribution in [3.63, 3.8) is 0 Å². The number of unbranched alkanes of at least 4 members (excludes halogenated alkanes) is 1. The predicted octanol–water partition coefficient (Wildman–Crippen LogP) is -6.12. The minimum absolute atomic E-state index is 0. The second-order valence-electron chi connectivity index (χ2n) is 2.41. The molecule has 0 radical (unpaired) electrons. The van der Waals surface area contributed by atoms with Crippen molar-refractivity contribution in [3.8, 4) is 0 Å². The summed E-state index contributed by atoms with van der Waals surface area (Å²) in [5.74, 6) is 0. The standard InChI is InChI=1S/C9H13.3FH.Zr/c1-2-3-6-9-7-4-5-8-9;;;;/h4,7H,2-3,5-6H2,1H3;3*1H;/q-1;;;;+4/p-3. The first-order chi connectivity index (χ1) is 4.43. The van der Waals surface area contributed by atoms with Crippen LogP contribution in [0.5, 0.6) is 0 Å². The topological polar surface area (TPSA) is 0 Å². The number of allylic oxidation sites excluding steroid dienone is 4.